The Labute approximate surface area is 173 Å². The Balaban J connectivity index is 0.00000280. The van der Waals surface area contributed by atoms with E-state index in [-0.39, 0.29) is 18.3 Å². The van der Waals surface area contributed by atoms with Gasteiger partial charge in [0.25, 0.3) is 5.91 Å². The maximum absolute atomic E-state index is 13.2. The lowest BCUT2D eigenvalue weighted by Crippen LogP contribution is -2.61. The molecule has 0 bridgehead atoms. The second-order valence-electron chi connectivity index (χ2n) is 7.70. The Hall–Kier alpha value is -1.89. The Morgan fingerprint density at radius 2 is 2.11 bits per heavy atom. The minimum absolute atomic E-state index is 0. The van der Waals surface area contributed by atoms with Crippen LogP contribution >= 0.6 is 12.4 Å². The Morgan fingerprint density at radius 3 is 2.71 bits per heavy atom. The number of amides is 1. The van der Waals surface area contributed by atoms with Crippen LogP contribution in [0.5, 0.6) is 0 Å². The van der Waals surface area contributed by atoms with Gasteiger partial charge in [0.2, 0.25) is 0 Å². The molecule has 3 rings (SSSR count). The highest BCUT2D eigenvalue weighted by molar-refractivity contribution is 5.93. The Morgan fingerprint density at radius 1 is 1.39 bits per heavy atom. The number of carbonyl (C=O) groups excluding carboxylic acids is 1. The molecule has 0 spiro atoms. The molecule has 1 aliphatic rings. The van der Waals surface area contributed by atoms with Gasteiger partial charge in [0.15, 0.2) is 0 Å². The third-order valence-electron chi connectivity index (χ3n) is 5.21. The van der Waals surface area contributed by atoms with Gasteiger partial charge in [-0.3, -0.25) is 9.48 Å². The van der Waals surface area contributed by atoms with Crippen molar-refractivity contribution in [3.8, 4) is 0 Å². The van der Waals surface area contributed by atoms with Gasteiger partial charge in [-0.2, -0.15) is 5.10 Å². The molecule has 2 atom stereocenters. The van der Waals surface area contributed by atoms with Gasteiger partial charge in [-0.25, -0.2) is 0 Å². The SMILES string of the molecule is CCn1nc(CC(C)C)cc1C(=O)N[C@]1(c2ccccc2)CCNC[C@H]1O.Cl. The Bertz CT molecular complexity index is 778. The first-order valence-electron chi connectivity index (χ1n) is 9.79. The number of nitrogens with zero attached hydrogens (tertiary/aromatic N) is 2. The average Bonchev–Trinajstić information content (AvgIpc) is 3.06. The fraction of sp³-hybridized carbons (Fsp3) is 0.524. The van der Waals surface area contributed by atoms with E-state index in [9.17, 15) is 9.90 Å². The zero-order chi connectivity index (χ0) is 19.4. The summed E-state index contributed by atoms with van der Waals surface area (Å²) in [5, 5.41) is 21.8. The minimum Gasteiger partial charge on any atom is -0.389 e. The van der Waals surface area contributed by atoms with Gasteiger partial charge >= 0.3 is 0 Å². The molecule has 0 aliphatic carbocycles. The third kappa shape index (κ3) is 4.57. The molecule has 28 heavy (non-hydrogen) atoms. The number of rotatable bonds is 6. The first-order valence-corrected chi connectivity index (χ1v) is 9.79. The van der Waals surface area contributed by atoms with Gasteiger partial charge in [-0.1, -0.05) is 44.2 Å². The first-order chi connectivity index (χ1) is 13.0. The number of benzene rings is 1. The van der Waals surface area contributed by atoms with Crippen molar-refractivity contribution >= 4 is 18.3 Å². The Kier molecular flexibility index (Phi) is 7.63. The molecule has 1 aliphatic heterocycles. The quantitative estimate of drug-likeness (QED) is 0.688. The van der Waals surface area contributed by atoms with Crippen LogP contribution in [0, 0.1) is 5.92 Å². The van der Waals surface area contributed by atoms with Crippen LogP contribution in [0.15, 0.2) is 36.4 Å². The topological polar surface area (TPSA) is 79.2 Å². The van der Waals surface area contributed by atoms with E-state index in [1.807, 2.05) is 43.3 Å². The molecule has 0 radical (unpaired) electrons. The fourth-order valence-corrected chi connectivity index (χ4v) is 3.83. The van der Waals surface area contributed by atoms with Crippen LogP contribution in [0.4, 0.5) is 0 Å². The summed E-state index contributed by atoms with van der Waals surface area (Å²) in [4.78, 5) is 13.2. The van der Waals surface area contributed by atoms with E-state index < -0.39 is 11.6 Å². The van der Waals surface area contributed by atoms with E-state index in [0.29, 0.717) is 31.1 Å². The highest BCUT2D eigenvalue weighted by Crippen LogP contribution is 2.31. The zero-order valence-electron chi connectivity index (χ0n) is 16.8. The van der Waals surface area contributed by atoms with E-state index >= 15 is 0 Å². The molecule has 1 aromatic heterocycles. The molecule has 3 N–H and O–H groups in total. The van der Waals surface area contributed by atoms with Crippen molar-refractivity contribution in [3.05, 3.63) is 53.3 Å². The number of hydrogen-bond donors (Lipinski definition) is 3. The number of carbonyl (C=O) groups is 1. The fourth-order valence-electron chi connectivity index (χ4n) is 3.83. The molecule has 7 heteroatoms. The summed E-state index contributed by atoms with van der Waals surface area (Å²) >= 11 is 0. The number of nitrogens with one attached hydrogen (secondary N) is 2. The standard InChI is InChI=1S/C21H30N4O2.ClH/c1-4-25-18(13-17(24-25)12-15(2)3)20(27)23-21(10-11-22-14-19(21)26)16-8-6-5-7-9-16;/h5-9,13,15,19,22,26H,4,10-12,14H2,1-3H3,(H,23,27);1H/t19-,21+;/m1./s1. The lowest BCUT2D eigenvalue weighted by atomic mass is 9.79. The maximum atomic E-state index is 13.2. The molecule has 154 valence electrons. The summed E-state index contributed by atoms with van der Waals surface area (Å²) in [5.41, 5.74) is 1.60. The van der Waals surface area contributed by atoms with Crippen LogP contribution in [0.2, 0.25) is 0 Å². The molecule has 2 heterocycles. The van der Waals surface area contributed by atoms with Gasteiger partial charge in [-0.15, -0.1) is 12.4 Å². The van der Waals surface area contributed by atoms with Crippen molar-refractivity contribution in [2.45, 2.75) is 51.8 Å². The van der Waals surface area contributed by atoms with Gasteiger partial charge in [0.05, 0.1) is 17.3 Å². The first kappa shape index (κ1) is 22.4. The van der Waals surface area contributed by atoms with E-state index in [1.165, 1.54) is 0 Å². The lowest BCUT2D eigenvalue weighted by Gasteiger charge is -2.42. The normalized spacial score (nSPS) is 22.0. The number of aliphatic hydroxyl groups is 1. The maximum Gasteiger partial charge on any atom is 0.270 e. The predicted octanol–water partition coefficient (Wildman–Crippen LogP) is 2.50. The molecule has 0 unspecified atom stereocenters. The van der Waals surface area contributed by atoms with Crippen molar-refractivity contribution in [2.24, 2.45) is 5.92 Å². The third-order valence-corrected chi connectivity index (χ3v) is 5.21. The number of aliphatic hydroxyl groups excluding tert-OH is 1. The van der Waals surface area contributed by atoms with Crippen LogP contribution in [0.25, 0.3) is 0 Å². The summed E-state index contributed by atoms with van der Waals surface area (Å²) in [7, 11) is 0. The molecule has 0 saturated carbocycles. The van der Waals surface area contributed by atoms with E-state index in [2.05, 4.69) is 29.6 Å². The lowest BCUT2D eigenvalue weighted by molar-refractivity contribution is 0.0286. The average molecular weight is 407 g/mol. The largest absolute Gasteiger partial charge is 0.389 e. The summed E-state index contributed by atoms with van der Waals surface area (Å²) in [6.45, 7) is 8.07. The molecule has 1 aromatic carbocycles. The highest BCUT2D eigenvalue weighted by atomic mass is 35.5. The molecular weight excluding hydrogens is 376 g/mol. The van der Waals surface area contributed by atoms with Crippen LogP contribution < -0.4 is 10.6 Å². The summed E-state index contributed by atoms with van der Waals surface area (Å²) < 4.78 is 1.75. The van der Waals surface area contributed by atoms with Gasteiger partial charge in [0, 0.05) is 13.1 Å². The van der Waals surface area contributed by atoms with Crippen LogP contribution in [0.1, 0.15) is 48.9 Å². The van der Waals surface area contributed by atoms with Crippen molar-refractivity contribution in [2.75, 3.05) is 13.1 Å². The molecule has 6 nitrogen and oxygen atoms in total. The molecule has 1 saturated heterocycles. The van der Waals surface area contributed by atoms with Crippen molar-refractivity contribution in [3.63, 3.8) is 0 Å². The van der Waals surface area contributed by atoms with Gasteiger partial charge in [-0.05, 0) is 43.9 Å². The molecule has 1 fully saturated rings. The van der Waals surface area contributed by atoms with E-state index in [4.69, 9.17) is 0 Å². The molecular formula is C21H31ClN4O2. The van der Waals surface area contributed by atoms with Crippen molar-refractivity contribution in [1.29, 1.82) is 0 Å². The van der Waals surface area contributed by atoms with Gasteiger partial charge in [0.1, 0.15) is 5.69 Å². The predicted molar refractivity (Wildman–Crippen MR) is 113 cm³/mol. The van der Waals surface area contributed by atoms with E-state index in [0.717, 1.165) is 24.2 Å². The number of β-amino-alcohol motifs (C(OH)–C–C–N with tert-alkyl or cyclic N) is 1. The minimum atomic E-state index is -0.801. The highest BCUT2D eigenvalue weighted by Gasteiger charge is 2.43. The summed E-state index contributed by atoms with van der Waals surface area (Å²) in [6.07, 6.45) is 0.762. The number of hydrogen-bond acceptors (Lipinski definition) is 4. The van der Waals surface area contributed by atoms with Crippen LogP contribution in [0.3, 0.4) is 0 Å². The summed E-state index contributed by atoms with van der Waals surface area (Å²) in [5.74, 6) is 0.284. The second-order valence-corrected chi connectivity index (χ2v) is 7.70. The number of piperidine rings is 1. The number of aryl methyl sites for hydroxylation is 1. The van der Waals surface area contributed by atoms with Crippen LogP contribution in [-0.4, -0.2) is 40.0 Å². The van der Waals surface area contributed by atoms with Crippen LogP contribution in [-0.2, 0) is 18.5 Å². The van der Waals surface area contributed by atoms with Gasteiger partial charge < -0.3 is 15.7 Å². The van der Waals surface area contributed by atoms with Crippen molar-refractivity contribution in [1.82, 2.24) is 20.4 Å². The zero-order valence-corrected chi connectivity index (χ0v) is 17.6. The molecule has 2 aromatic rings. The number of aromatic nitrogens is 2. The van der Waals surface area contributed by atoms with Crippen molar-refractivity contribution < 1.29 is 9.90 Å². The molecule has 1 amide bonds. The number of halogens is 1. The van der Waals surface area contributed by atoms with E-state index in [1.54, 1.807) is 4.68 Å². The summed E-state index contributed by atoms with van der Waals surface area (Å²) in [6, 6.07) is 11.6. The second kappa shape index (κ2) is 9.54. The monoisotopic (exact) mass is 406 g/mol. The smallest absolute Gasteiger partial charge is 0.270 e.